The van der Waals surface area contributed by atoms with Crippen molar-refractivity contribution in [2.24, 2.45) is 0 Å². The summed E-state index contributed by atoms with van der Waals surface area (Å²) in [7, 11) is 0. The van der Waals surface area contributed by atoms with Crippen LogP contribution in [0.3, 0.4) is 0 Å². The molecule has 0 spiro atoms. The molecule has 0 saturated heterocycles. The van der Waals surface area contributed by atoms with Crippen molar-refractivity contribution in [2.75, 3.05) is 13.1 Å². The van der Waals surface area contributed by atoms with Crippen molar-refractivity contribution < 1.29 is 22.8 Å². The van der Waals surface area contributed by atoms with E-state index in [0.29, 0.717) is 10.6 Å². The number of aromatic nitrogens is 2. The number of hydrogen-bond acceptors (Lipinski definition) is 5. The molecular weight excluding hydrogens is 369 g/mol. The number of alkyl halides is 3. The maximum absolute atomic E-state index is 12.0. The summed E-state index contributed by atoms with van der Waals surface area (Å²) in [5, 5.41) is 4.23. The summed E-state index contributed by atoms with van der Waals surface area (Å²) >= 11 is 6.88. The average Bonchev–Trinajstić information content (AvgIpc) is 2.93. The van der Waals surface area contributed by atoms with E-state index in [1.54, 1.807) is 29.8 Å². The molecule has 6 nitrogen and oxygen atoms in total. The third kappa shape index (κ3) is 5.17. The minimum absolute atomic E-state index is 0.0548. The molecule has 11 heteroatoms. The quantitative estimate of drug-likeness (QED) is 0.836. The van der Waals surface area contributed by atoms with E-state index in [-0.39, 0.29) is 10.0 Å². The Balaban J connectivity index is 1.96. The molecule has 2 amide bonds. The molecule has 2 aromatic rings. The fourth-order valence-corrected chi connectivity index (χ4v) is 2.76. The Labute approximate surface area is 143 Å². The first-order valence-corrected chi connectivity index (χ1v) is 7.64. The molecule has 0 bridgehead atoms. The molecule has 0 aliphatic heterocycles. The summed E-state index contributed by atoms with van der Waals surface area (Å²) in [5.74, 6) is -1.66. The van der Waals surface area contributed by atoms with Crippen molar-refractivity contribution in [3.8, 4) is 10.6 Å². The van der Waals surface area contributed by atoms with Gasteiger partial charge in [0, 0.05) is 18.0 Å². The first-order valence-electron chi connectivity index (χ1n) is 6.44. The van der Waals surface area contributed by atoms with Crippen molar-refractivity contribution in [3.63, 3.8) is 0 Å². The Bertz CT molecular complexity index is 737. The number of thiazole rings is 1. The molecule has 0 fully saturated rings. The maximum atomic E-state index is 12.0. The van der Waals surface area contributed by atoms with Crippen molar-refractivity contribution in [1.29, 1.82) is 0 Å². The van der Waals surface area contributed by atoms with Crippen LogP contribution in [0.1, 0.15) is 9.67 Å². The smallest absolute Gasteiger partial charge is 0.345 e. The number of carbonyl (C=O) groups is 2. The van der Waals surface area contributed by atoms with Crippen LogP contribution in [0.15, 0.2) is 24.5 Å². The topological polar surface area (TPSA) is 84.0 Å². The summed E-state index contributed by atoms with van der Waals surface area (Å²) in [6, 6.07) is 3.42. The molecule has 0 aliphatic rings. The third-order valence-corrected chi connectivity index (χ3v) is 4.08. The van der Waals surface area contributed by atoms with E-state index in [1.165, 1.54) is 0 Å². The second kappa shape index (κ2) is 7.58. The predicted molar refractivity (Wildman–Crippen MR) is 81.8 cm³/mol. The number of amides is 2. The maximum Gasteiger partial charge on any atom is 0.405 e. The largest absolute Gasteiger partial charge is 0.405 e. The van der Waals surface area contributed by atoms with E-state index < -0.39 is 31.1 Å². The number of nitrogens with one attached hydrogen (secondary N) is 2. The van der Waals surface area contributed by atoms with E-state index in [2.05, 4.69) is 15.3 Å². The van der Waals surface area contributed by atoms with Crippen LogP contribution in [0.4, 0.5) is 13.2 Å². The molecule has 0 saturated carbocycles. The third-order valence-electron chi connectivity index (χ3n) is 2.60. The highest BCUT2D eigenvalue weighted by Gasteiger charge is 2.27. The van der Waals surface area contributed by atoms with Gasteiger partial charge < -0.3 is 10.6 Å². The number of rotatable bonds is 5. The van der Waals surface area contributed by atoms with Gasteiger partial charge in [-0.1, -0.05) is 11.6 Å². The van der Waals surface area contributed by atoms with Gasteiger partial charge >= 0.3 is 6.18 Å². The van der Waals surface area contributed by atoms with Gasteiger partial charge in [0.05, 0.1) is 6.54 Å². The van der Waals surface area contributed by atoms with Crippen LogP contribution in [0, 0.1) is 0 Å². The van der Waals surface area contributed by atoms with Crippen LogP contribution in [-0.2, 0) is 4.79 Å². The number of pyridine rings is 1. The zero-order chi connectivity index (χ0) is 17.7. The number of nitrogens with zero attached hydrogens (tertiary/aromatic N) is 2. The van der Waals surface area contributed by atoms with Gasteiger partial charge in [-0.15, -0.1) is 11.3 Å². The fourth-order valence-electron chi connectivity index (χ4n) is 1.56. The van der Waals surface area contributed by atoms with Gasteiger partial charge in [-0.2, -0.15) is 13.2 Å². The lowest BCUT2D eigenvalue weighted by molar-refractivity contribution is -0.137. The molecular formula is C13H10ClF3N4O2S. The highest BCUT2D eigenvalue weighted by atomic mass is 35.5. The van der Waals surface area contributed by atoms with Crippen LogP contribution in [-0.4, -0.2) is 41.0 Å². The normalized spacial score (nSPS) is 11.2. The Morgan fingerprint density at radius 2 is 2.04 bits per heavy atom. The molecule has 0 atom stereocenters. The predicted octanol–water partition coefficient (Wildman–Crippen LogP) is 2.27. The molecule has 0 aliphatic carbocycles. The molecule has 2 aromatic heterocycles. The Kier molecular flexibility index (Phi) is 5.73. The second-order valence-corrected chi connectivity index (χ2v) is 5.81. The van der Waals surface area contributed by atoms with Gasteiger partial charge in [0.2, 0.25) is 5.91 Å². The van der Waals surface area contributed by atoms with Crippen molar-refractivity contribution in [1.82, 2.24) is 20.6 Å². The van der Waals surface area contributed by atoms with Crippen molar-refractivity contribution in [3.05, 3.63) is 34.6 Å². The first kappa shape index (κ1) is 18.1. The fraction of sp³-hybridized carbons (Fsp3) is 0.231. The standard InChI is InChI=1S/C13H10ClF3N4O2S/c14-10-9(24-12(21-10)7-2-1-3-18-4-7)11(23)19-5-8(22)20-6-13(15,16)17/h1-4H,5-6H2,(H,19,23)(H,20,22). The Morgan fingerprint density at radius 3 is 2.67 bits per heavy atom. The van der Waals surface area contributed by atoms with Crippen molar-refractivity contribution >= 4 is 34.8 Å². The lowest BCUT2D eigenvalue weighted by Gasteiger charge is -2.08. The van der Waals surface area contributed by atoms with Gasteiger partial charge in [0.15, 0.2) is 5.15 Å². The highest BCUT2D eigenvalue weighted by molar-refractivity contribution is 7.17. The molecule has 0 aromatic carbocycles. The van der Waals surface area contributed by atoms with E-state index in [0.717, 1.165) is 11.3 Å². The zero-order valence-electron chi connectivity index (χ0n) is 11.9. The lowest BCUT2D eigenvalue weighted by Crippen LogP contribution is -2.40. The van der Waals surface area contributed by atoms with Crippen LogP contribution in [0.5, 0.6) is 0 Å². The van der Waals surface area contributed by atoms with Crippen LogP contribution >= 0.6 is 22.9 Å². The highest BCUT2D eigenvalue weighted by Crippen LogP contribution is 2.30. The van der Waals surface area contributed by atoms with Crippen LogP contribution in [0.2, 0.25) is 5.15 Å². The molecule has 128 valence electrons. The van der Waals surface area contributed by atoms with Gasteiger partial charge in [0.1, 0.15) is 16.4 Å². The van der Waals surface area contributed by atoms with E-state index >= 15 is 0 Å². The first-order chi connectivity index (χ1) is 11.3. The minimum Gasteiger partial charge on any atom is -0.345 e. The Hall–Kier alpha value is -2.20. The van der Waals surface area contributed by atoms with Crippen LogP contribution in [0.25, 0.3) is 10.6 Å². The number of halogens is 4. The molecule has 0 radical (unpaired) electrons. The number of hydrogen-bond donors (Lipinski definition) is 2. The van der Waals surface area contributed by atoms with E-state index in [9.17, 15) is 22.8 Å². The van der Waals surface area contributed by atoms with Gasteiger partial charge in [-0.05, 0) is 12.1 Å². The van der Waals surface area contributed by atoms with E-state index in [1.807, 2.05) is 0 Å². The summed E-state index contributed by atoms with van der Waals surface area (Å²) in [6.07, 6.45) is -1.40. The van der Waals surface area contributed by atoms with Gasteiger partial charge in [0.25, 0.3) is 5.91 Å². The summed E-state index contributed by atoms with van der Waals surface area (Å²) < 4.78 is 35.9. The molecule has 0 unspecified atom stereocenters. The zero-order valence-corrected chi connectivity index (χ0v) is 13.4. The average molecular weight is 379 g/mol. The Morgan fingerprint density at radius 1 is 1.29 bits per heavy atom. The SMILES string of the molecule is O=C(CNC(=O)c1sc(-c2cccnc2)nc1Cl)NCC(F)(F)F. The van der Waals surface area contributed by atoms with Crippen molar-refractivity contribution in [2.45, 2.75) is 6.18 Å². The molecule has 2 N–H and O–H groups in total. The lowest BCUT2D eigenvalue weighted by atomic mass is 10.3. The molecule has 24 heavy (non-hydrogen) atoms. The monoisotopic (exact) mass is 378 g/mol. The van der Waals surface area contributed by atoms with Gasteiger partial charge in [-0.3, -0.25) is 14.6 Å². The summed E-state index contributed by atoms with van der Waals surface area (Å²) in [6.45, 7) is -2.07. The van der Waals surface area contributed by atoms with E-state index in [4.69, 9.17) is 11.6 Å². The minimum atomic E-state index is -4.51. The summed E-state index contributed by atoms with van der Waals surface area (Å²) in [4.78, 5) is 31.2. The summed E-state index contributed by atoms with van der Waals surface area (Å²) in [5.41, 5.74) is 0.659. The molecule has 2 heterocycles. The molecule has 2 rings (SSSR count). The number of carbonyl (C=O) groups excluding carboxylic acids is 2. The second-order valence-electron chi connectivity index (χ2n) is 4.46. The van der Waals surface area contributed by atoms with Crippen LogP contribution < -0.4 is 10.6 Å². The van der Waals surface area contributed by atoms with Gasteiger partial charge in [-0.25, -0.2) is 4.98 Å².